The Balaban J connectivity index is 1.03. The molecule has 3 fully saturated rings. The van der Waals surface area contributed by atoms with Gasteiger partial charge in [0.2, 0.25) is 5.91 Å². The highest BCUT2D eigenvalue weighted by Crippen LogP contribution is 2.30. The summed E-state index contributed by atoms with van der Waals surface area (Å²) in [6, 6.07) is 2.55. The number of anilines is 1. The van der Waals surface area contributed by atoms with Crippen molar-refractivity contribution in [1.82, 2.24) is 15.4 Å². The first kappa shape index (κ1) is 23.5. The minimum atomic E-state index is -0.921. The van der Waals surface area contributed by atoms with Crippen LogP contribution in [0.3, 0.4) is 0 Å². The van der Waals surface area contributed by atoms with Crippen LogP contribution in [0.4, 0.5) is 14.6 Å². The SMILES string of the molecule is O=C(NC1CCC(CCN2CCN(c3noc4cc(F)c(F)cc34)CC2)CC1)C1CCOCC1. The van der Waals surface area contributed by atoms with E-state index in [0.717, 1.165) is 64.5 Å². The second kappa shape index (κ2) is 10.6. The lowest BCUT2D eigenvalue weighted by molar-refractivity contribution is -0.128. The predicted molar refractivity (Wildman–Crippen MR) is 125 cm³/mol. The van der Waals surface area contributed by atoms with Crippen LogP contribution in [-0.4, -0.2) is 67.9 Å². The number of hydrogen-bond donors (Lipinski definition) is 1. The Morgan fingerprint density at radius 3 is 2.44 bits per heavy atom. The lowest BCUT2D eigenvalue weighted by atomic mass is 9.83. The molecule has 0 bridgehead atoms. The Hall–Kier alpha value is -2.26. The van der Waals surface area contributed by atoms with Crippen LogP contribution < -0.4 is 10.2 Å². The summed E-state index contributed by atoms with van der Waals surface area (Å²) >= 11 is 0. The summed E-state index contributed by atoms with van der Waals surface area (Å²) in [5, 5.41) is 7.87. The first-order valence-corrected chi connectivity index (χ1v) is 12.7. The molecule has 0 atom stereocenters. The van der Waals surface area contributed by atoms with Crippen molar-refractivity contribution in [3.05, 3.63) is 23.8 Å². The fourth-order valence-electron chi connectivity index (χ4n) is 5.57. The van der Waals surface area contributed by atoms with E-state index >= 15 is 0 Å². The molecule has 1 amide bonds. The first-order chi connectivity index (χ1) is 16.6. The maximum absolute atomic E-state index is 13.7. The maximum atomic E-state index is 13.7. The van der Waals surface area contributed by atoms with Crippen molar-refractivity contribution in [2.45, 2.75) is 51.0 Å². The molecule has 34 heavy (non-hydrogen) atoms. The average Bonchev–Trinajstić information content (AvgIpc) is 3.27. The number of nitrogens with one attached hydrogen (secondary N) is 1. The Bertz CT molecular complexity index is 978. The fourth-order valence-corrected chi connectivity index (χ4v) is 5.57. The second-order valence-electron chi connectivity index (χ2n) is 10.00. The molecule has 1 aliphatic carbocycles. The van der Waals surface area contributed by atoms with Crippen molar-refractivity contribution in [1.29, 1.82) is 0 Å². The molecule has 5 rings (SSSR count). The molecule has 2 saturated heterocycles. The van der Waals surface area contributed by atoms with Gasteiger partial charge in [-0.05, 0) is 63.5 Å². The van der Waals surface area contributed by atoms with Crippen LogP contribution in [0.25, 0.3) is 11.0 Å². The van der Waals surface area contributed by atoms with E-state index < -0.39 is 11.6 Å². The number of piperazine rings is 1. The van der Waals surface area contributed by atoms with Crippen molar-refractivity contribution in [2.75, 3.05) is 50.8 Å². The van der Waals surface area contributed by atoms with Gasteiger partial charge in [0.25, 0.3) is 0 Å². The van der Waals surface area contributed by atoms with Crippen molar-refractivity contribution >= 4 is 22.7 Å². The number of carbonyl (C=O) groups excluding carboxylic acids is 1. The van der Waals surface area contributed by atoms with Crippen LogP contribution in [0.2, 0.25) is 0 Å². The molecule has 3 heterocycles. The molecule has 186 valence electrons. The van der Waals surface area contributed by atoms with Crippen LogP contribution in [0.5, 0.6) is 0 Å². The van der Waals surface area contributed by atoms with E-state index in [-0.39, 0.29) is 17.4 Å². The third-order valence-corrected chi connectivity index (χ3v) is 7.80. The van der Waals surface area contributed by atoms with Crippen molar-refractivity contribution in [3.8, 4) is 0 Å². The minimum absolute atomic E-state index is 0.126. The zero-order valence-corrected chi connectivity index (χ0v) is 19.6. The minimum Gasteiger partial charge on any atom is -0.381 e. The van der Waals surface area contributed by atoms with Gasteiger partial charge in [-0.3, -0.25) is 9.69 Å². The molecule has 3 aliphatic rings. The standard InChI is InChI=1S/C25H34F2N4O3/c26-21-15-20-23(16-22(21)27)34-29-24(20)31-11-9-30(10-12-31)8-5-17-1-3-19(4-2-17)28-25(32)18-6-13-33-14-7-18/h15-19H,1-14H2,(H,28,32). The van der Waals surface area contributed by atoms with Gasteiger partial charge < -0.3 is 19.5 Å². The smallest absolute Gasteiger partial charge is 0.223 e. The molecule has 1 N–H and O–H groups in total. The van der Waals surface area contributed by atoms with Gasteiger partial charge in [0.1, 0.15) is 0 Å². The third-order valence-electron chi connectivity index (χ3n) is 7.80. The van der Waals surface area contributed by atoms with E-state index in [2.05, 4.69) is 20.3 Å². The van der Waals surface area contributed by atoms with Gasteiger partial charge in [-0.15, -0.1) is 0 Å². The molecular weight excluding hydrogens is 442 g/mol. The van der Waals surface area contributed by atoms with E-state index in [1.807, 2.05) is 0 Å². The normalized spacial score (nSPS) is 25.1. The molecule has 1 aromatic carbocycles. The molecule has 0 unspecified atom stereocenters. The Labute approximate surface area is 198 Å². The van der Waals surface area contributed by atoms with E-state index in [1.165, 1.54) is 25.3 Å². The molecule has 0 spiro atoms. The highest BCUT2D eigenvalue weighted by atomic mass is 19.2. The summed E-state index contributed by atoms with van der Waals surface area (Å²) in [6.07, 6.45) is 7.36. The number of rotatable bonds is 6. The number of ether oxygens (including phenoxy) is 1. The van der Waals surface area contributed by atoms with Crippen LogP contribution in [-0.2, 0) is 9.53 Å². The molecule has 2 aromatic rings. The van der Waals surface area contributed by atoms with Crippen molar-refractivity contribution in [2.24, 2.45) is 11.8 Å². The summed E-state index contributed by atoms with van der Waals surface area (Å²) in [4.78, 5) is 17.0. The molecule has 1 saturated carbocycles. The zero-order chi connectivity index (χ0) is 23.5. The van der Waals surface area contributed by atoms with Crippen LogP contribution >= 0.6 is 0 Å². The van der Waals surface area contributed by atoms with Gasteiger partial charge >= 0.3 is 0 Å². The largest absolute Gasteiger partial charge is 0.381 e. The first-order valence-electron chi connectivity index (χ1n) is 12.7. The molecule has 1 aromatic heterocycles. The third kappa shape index (κ3) is 5.35. The van der Waals surface area contributed by atoms with Gasteiger partial charge in [0, 0.05) is 57.4 Å². The number of aromatic nitrogens is 1. The number of carbonyl (C=O) groups is 1. The number of hydrogen-bond acceptors (Lipinski definition) is 6. The van der Waals surface area contributed by atoms with E-state index in [1.54, 1.807) is 0 Å². The predicted octanol–water partition coefficient (Wildman–Crippen LogP) is 3.72. The van der Waals surface area contributed by atoms with E-state index in [0.29, 0.717) is 36.4 Å². The van der Waals surface area contributed by atoms with Gasteiger partial charge in [0.05, 0.1) is 5.39 Å². The van der Waals surface area contributed by atoms with E-state index in [9.17, 15) is 13.6 Å². The fraction of sp³-hybridized carbons (Fsp3) is 0.680. The average molecular weight is 477 g/mol. The van der Waals surface area contributed by atoms with E-state index in [4.69, 9.17) is 9.26 Å². The number of benzene rings is 1. The summed E-state index contributed by atoms with van der Waals surface area (Å²) < 4.78 is 37.7. The highest BCUT2D eigenvalue weighted by Gasteiger charge is 2.28. The highest BCUT2D eigenvalue weighted by molar-refractivity contribution is 5.88. The second-order valence-corrected chi connectivity index (χ2v) is 10.00. The van der Waals surface area contributed by atoms with Gasteiger partial charge in [-0.1, -0.05) is 5.16 Å². The number of amides is 1. The maximum Gasteiger partial charge on any atom is 0.223 e. The Morgan fingerprint density at radius 1 is 1.00 bits per heavy atom. The lowest BCUT2D eigenvalue weighted by Gasteiger charge is -2.36. The van der Waals surface area contributed by atoms with Crippen LogP contribution in [0.1, 0.15) is 44.9 Å². The van der Waals surface area contributed by atoms with Crippen LogP contribution in [0, 0.1) is 23.5 Å². The molecule has 0 radical (unpaired) electrons. The number of halogens is 2. The Morgan fingerprint density at radius 2 is 1.71 bits per heavy atom. The monoisotopic (exact) mass is 476 g/mol. The molecule has 9 heteroatoms. The number of fused-ring (bicyclic) bond motifs is 1. The van der Waals surface area contributed by atoms with Gasteiger partial charge in [-0.2, -0.15) is 0 Å². The number of nitrogens with zero attached hydrogens (tertiary/aromatic N) is 3. The summed E-state index contributed by atoms with van der Waals surface area (Å²) in [7, 11) is 0. The van der Waals surface area contributed by atoms with Gasteiger partial charge in [0.15, 0.2) is 23.0 Å². The molecular formula is C25H34F2N4O3. The summed E-state index contributed by atoms with van der Waals surface area (Å²) in [6.45, 7) is 5.86. The van der Waals surface area contributed by atoms with Gasteiger partial charge in [-0.25, -0.2) is 8.78 Å². The molecule has 7 nitrogen and oxygen atoms in total. The zero-order valence-electron chi connectivity index (χ0n) is 19.6. The van der Waals surface area contributed by atoms with Crippen molar-refractivity contribution in [3.63, 3.8) is 0 Å². The van der Waals surface area contributed by atoms with Crippen molar-refractivity contribution < 1.29 is 22.8 Å². The summed E-state index contributed by atoms with van der Waals surface area (Å²) in [5.41, 5.74) is 0.274. The lowest BCUT2D eigenvalue weighted by Crippen LogP contribution is -2.47. The molecule has 2 aliphatic heterocycles. The summed E-state index contributed by atoms with van der Waals surface area (Å²) in [5.74, 6) is -0.150. The Kier molecular flexibility index (Phi) is 7.29. The van der Waals surface area contributed by atoms with Crippen LogP contribution in [0.15, 0.2) is 16.7 Å². The topological polar surface area (TPSA) is 70.8 Å². The quantitative estimate of drug-likeness (QED) is 0.685.